The Labute approximate surface area is 113 Å². The van der Waals surface area contributed by atoms with Crippen molar-refractivity contribution in [1.29, 1.82) is 0 Å². The molecule has 0 aliphatic rings. The van der Waals surface area contributed by atoms with Gasteiger partial charge >= 0.3 is 113 Å². The van der Waals surface area contributed by atoms with E-state index in [-0.39, 0.29) is 0 Å². The fourth-order valence-corrected chi connectivity index (χ4v) is 1.84. The molecule has 4 nitrogen and oxygen atoms in total. The number of aldehydes is 1. The van der Waals surface area contributed by atoms with Gasteiger partial charge in [-0.1, -0.05) is 0 Å². The molecule has 0 N–H and O–H groups in total. The fraction of sp³-hybridized carbons (Fsp3) is 0.750. The van der Waals surface area contributed by atoms with Crippen LogP contribution in [0.15, 0.2) is 0 Å². The fourth-order valence-electron chi connectivity index (χ4n) is 1.61. The van der Waals surface area contributed by atoms with Gasteiger partial charge in [-0.3, -0.25) is 0 Å². The van der Waals surface area contributed by atoms with E-state index in [0.717, 1.165) is 39.0 Å². The Bertz CT molecular complexity index is 263. The van der Waals surface area contributed by atoms with Gasteiger partial charge in [0.1, 0.15) is 0 Å². The van der Waals surface area contributed by atoms with Crippen LogP contribution in [0.25, 0.3) is 0 Å². The summed E-state index contributed by atoms with van der Waals surface area (Å²) in [7, 11) is 1.84. The number of rotatable bonds is 10. The normalized spacial score (nSPS) is 10.8. The molecular weight excluding hydrogens is 255 g/mol. The van der Waals surface area contributed by atoms with Gasteiger partial charge in [0.25, 0.3) is 0 Å². The summed E-state index contributed by atoms with van der Waals surface area (Å²) in [5.74, 6) is -0.454. The Balaban J connectivity index is 4.10. The molecule has 17 heavy (non-hydrogen) atoms. The first-order valence-corrected chi connectivity index (χ1v) is 6.75. The summed E-state index contributed by atoms with van der Waals surface area (Å²) in [5, 5.41) is 0. The van der Waals surface area contributed by atoms with Crippen LogP contribution in [0.4, 0.5) is 0 Å². The molecule has 0 aromatic rings. The predicted molar refractivity (Wildman–Crippen MR) is 65.7 cm³/mol. The summed E-state index contributed by atoms with van der Waals surface area (Å²) in [6.45, 7) is 8.18. The van der Waals surface area contributed by atoms with E-state index < -0.39 is 5.78 Å². The van der Waals surface area contributed by atoms with Crippen LogP contribution in [0, 0.1) is 0 Å². The Morgan fingerprint density at radius 2 is 1.65 bits per heavy atom. The molecule has 0 amide bonds. The molecule has 5 heteroatoms. The van der Waals surface area contributed by atoms with E-state index in [9.17, 15) is 9.59 Å². The zero-order valence-corrected chi connectivity index (χ0v) is 12.4. The second-order valence-electron chi connectivity index (χ2n) is 4.07. The van der Waals surface area contributed by atoms with Gasteiger partial charge in [-0.25, -0.2) is 0 Å². The third-order valence-corrected chi connectivity index (χ3v) is 3.40. The summed E-state index contributed by atoms with van der Waals surface area (Å²) in [6.07, 6.45) is 2.63. The third kappa shape index (κ3) is 6.89. The molecule has 0 atom stereocenters. The van der Waals surface area contributed by atoms with Crippen LogP contribution >= 0.6 is 0 Å². The Morgan fingerprint density at radius 1 is 1.12 bits per heavy atom. The monoisotopic (exact) mass is 277 g/mol. The Morgan fingerprint density at radius 3 is 2.06 bits per heavy atom. The number of hydrogen-bond acceptors (Lipinski definition) is 4. The zero-order valence-electron chi connectivity index (χ0n) is 11.0. The summed E-state index contributed by atoms with van der Waals surface area (Å²) < 4.78 is 0.459. The second-order valence-corrected chi connectivity index (χ2v) is 4.73. The summed E-state index contributed by atoms with van der Waals surface area (Å²) in [4.78, 5) is 25.8. The zero-order chi connectivity index (χ0) is 13.3. The summed E-state index contributed by atoms with van der Waals surface area (Å²) in [5.41, 5.74) is 0. The van der Waals surface area contributed by atoms with Gasteiger partial charge in [0, 0.05) is 0 Å². The number of ketones is 1. The van der Waals surface area contributed by atoms with Crippen molar-refractivity contribution in [3.63, 3.8) is 0 Å². The van der Waals surface area contributed by atoms with E-state index in [2.05, 4.69) is 35.7 Å². The summed E-state index contributed by atoms with van der Waals surface area (Å²) in [6, 6.07) is 0. The Kier molecular flexibility index (Phi) is 9.55. The number of hydrogen-bond donors (Lipinski definition) is 0. The molecule has 0 unspecified atom stereocenters. The molecule has 0 fully saturated rings. The molecule has 0 rings (SSSR count). The molecule has 97 valence electrons. The molecule has 0 aromatic carbocycles. The molecule has 0 radical (unpaired) electrons. The van der Waals surface area contributed by atoms with Crippen molar-refractivity contribution in [2.75, 3.05) is 33.2 Å². The van der Waals surface area contributed by atoms with Crippen molar-refractivity contribution in [2.24, 2.45) is 0 Å². The van der Waals surface area contributed by atoms with Gasteiger partial charge in [-0.2, -0.15) is 0 Å². The van der Waals surface area contributed by atoms with Crippen molar-refractivity contribution in [3.05, 3.63) is 0 Å². The SMILES string of the molecule is CCCN(CCC)CCN(C)[C](=[V])C(=O)C=O. The van der Waals surface area contributed by atoms with E-state index >= 15 is 0 Å². The van der Waals surface area contributed by atoms with Crippen LogP contribution in [0.1, 0.15) is 26.7 Å². The van der Waals surface area contributed by atoms with Crippen molar-refractivity contribution >= 4 is 16.4 Å². The average Bonchev–Trinajstić information content (AvgIpc) is 2.34. The van der Waals surface area contributed by atoms with Crippen LogP contribution < -0.4 is 0 Å². The first kappa shape index (κ1) is 16.7. The molecule has 0 saturated carbocycles. The van der Waals surface area contributed by atoms with Gasteiger partial charge < -0.3 is 0 Å². The Hall–Kier alpha value is -0.286. The van der Waals surface area contributed by atoms with Crippen LogP contribution in [0.3, 0.4) is 0 Å². The van der Waals surface area contributed by atoms with Crippen LogP contribution in [-0.4, -0.2) is 59.4 Å². The van der Waals surface area contributed by atoms with Crippen LogP contribution in [0.2, 0.25) is 0 Å². The first-order chi connectivity index (χ1) is 8.06. The van der Waals surface area contributed by atoms with Gasteiger partial charge in [0.2, 0.25) is 0 Å². The number of Topliss-reactive ketones (excluding diaryl/α,β-unsaturated/α-hetero) is 1. The maximum atomic E-state index is 11.2. The van der Waals surface area contributed by atoms with E-state index in [0.29, 0.717) is 10.6 Å². The van der Waals surface area contributed by atoms with Crippen LogP contribution in [0.5, 0.6) is 0 Å². The molecule has 0 heterocycles. The number of carbonyl (C=O) groups is 2. The molecule has 0 aliphatic carbocycles. The standard InChI is InChI=1S/C12H22N2O2.V/c1-4-6-14(7-5-2)9-8-13(3)10-12(16)11-15;/h11H,4-9H2,1-3H3;. The molecule has 0 spiro atoms. The molecular formula is C12H22N2O2V. The minimum absolute atomic E-state index is 0.361. The van der Waals surface area contributed by atoms with Crippen molar-refractivity contribution in [1.82, 2.24) is 9.80 Å². The van der Waals surface area contributed by atoms with E-state index in [1.807, 2.05) is 11.9 Å². The van der Waals surface area contributed by atoms with Crippen molar-refractivity contribution in [2.45, 2.75) is 26.7 Å². The molecule has 0 aliphatic heterocycles. The molecule has 0 saturated heterocycles. The molecule has 0 aromatic heterocycles. The minimum atomic E-state index is -0.454. The second kappa shape index (κ2) is 9.71. The average molecular weight is 277 g/mol. The van der Waals surface area contributed by atoms with E-state index in [1.54, 1.807) is 0 Å². The van der Waals surface area contributed by atoms with E-state index in [1.165, 1.54) is 0 Å². The first-order valence-electron chi connectivity index (χ1n) is 6.05. The predicted octanol–water partition coefficient (Wildman–Crippen LogP) is 0.485. The summed E-state index contributed by atoms with van der Waals surface area (Å²) >= 11 is 2.18. The van der Waals surface area contributed by atoms with Gasteiger partial charge in [0.15, 0.2) is 0 Å². The quantitative estimate of drug-likeness (QED) is 0.430. The van der Waals surface area contributed by atoms with Crippen molar-refractivity contribution in [3.8, 4) is 0 Å². The number of likely N-dealkylation sites (N-methyl/N-ethyl adjacent to an activating group) is 1. The number of nitrogens with zero attached hydrogens (tertiary/aromatic N) is 2. The van der Waals surface area contributed by atoms with Crippen molar-refractivity contribution < 1.29 is 26.6 Å². The maximum absolute atomic E-state index is 11.2. The van der Waals surface area contributed by atoms with Gasteiger partial charge in [-0.15, -0.1) is 0 Å². The third-order valence-electron chi connectivity index (χ3n) is 2.52. The number of carbonyl (C=O) groups excluding carboxylic acids is 2. The van der Waals surface area contributed by atoms with Gasteiger partial charge in [0.05, 0.1) is 0 Å². The molecule has 0 bridgehead atoms. The van der Waals surface area contributed by atoms with Gasteiger partial charge in [-0.05, 0) is 0 Å². The topological polar surface area (TPSA) is 40.6 Å². The van der Waals surface area contributed by atoms with Crippen LogP contribution in [-0.2, 0) is 26.6 Å². The van der Waals surface area contributed by atoms with E-state index in [4.69, 9.17) is 0 Å².